The summed E-state index contributed by atoms with van der Waals surface area (Å²) < 4.78 is 30.6. The molecule has 0 unspecified atom stereocenters. The minimum Gasteiger partial charge on any atom is -0.423 e. The van der Waals surface area contributed by atoms with Crippen molar-refractivity contribution in [3.05, 3.63) is 47.1 Å². The summed E-state index contributed by atoms with van der Waals surface area (Å²) in [6.45, 7) is 1.66. The van der Waals surface area contributed by atoms with Crippen LogP contribution in [-0.4, -0.2) is 48.7 Å². The second-order valence-electron chi connectivity index (χ2n) is 9.17. The molecule has 3 fully saturated rings. The van der Waals surface area contributed by atoms with Crippen LogP contribution in [0.4, 0.5) is 6.01 Å². The van der Waals surface area contributed by atoms with Crippen LogP contribution in [0.2, 0.25) is 5.02 Å². The molecule has 1 aromatic carbocycles. The summed E-state index contributed by atoms with van der Waals surface area (Å²) >= 11 is 6.02. The van der Waals surface area contributed by atoms with Crippen LogP contribution in [0.3, 0.4) is 0 Å². The fraction of sp³-hybridized carbons (Fsp3) is 0.409. The Bertz CT molecular complexity index is 1340. The van der Waals surface area contributed by atoms with Crippen LogP contribution in [0.5, 0.6) is 0 Å². The number of aromatic nitrogens is 2. The first-order valence-corrected chi connectivity index (χ1v) is 12.6. The normalized spacial score (nSPS) is 20.2. The van der Waals surface area contributed by atoms with E-state index in [1.165, 1.54) is 12.3 Å². The molecule has 3 aliphatic rings. The molecule has 0 atom stereocenters. The van der Waals surface area contributed by atoms with Crippen LogP contribution in [0.15, 0.2) is 46.0 Å². The van der Waals surface area contributed by atoms with E-state index in [2.05, 4.69) is 20.2 Å². The van der Waals surface area contributed by atoms with Crippen LogP contribution >= 0.6 is 11.6 Å². The minimum absolute atomic E-state index is 0.00742. The van der Waals surface area contributed by atoms with Gasteiger partial charge in [-0.2, -0.15) is 4.98 Å². The highest BCUT2D eigenvalue weighted by Gasteiger charge is 2.53. The highest BCUT2D eigenvalue weighted by atomic mass is 35.5. The molecule has 6 rings (SSSR count). The molecule has 2 saturated carbocycles. The molecule has 1 amide bonds. The Morgan fingerprint density at radius 3 is 2.72 bits per heavy atom. The van der Waals surface area contributed by atoms with Crippen LogP contribution < -0.4 is 10.2 Å². The number of carbonyl (C=O) groups is 1. The maximum Gasteiger partial charge on any atom is 0.298 e. The van der Waals surface area contributed by atoms with Crippen LogP contribution in [0, 0.1) is 5.41 Å². The van der Waals surface area contributed by atoms with Crippen LogP contribution in [0.1, 0.15) is 36.0 Å². The van der Waals surface area contributed by atoms with E-state index in [0.29, 0.717) is 35.0 Å². The second kappa shape index (κ2) is 6.92. The summed E-state index contributed by atoms with van der Waals surface area (Å²) in [6, 6.07) is 9.00. The zero-order valence-corrected chi connectivity index (χ0v) is 18.7. The molecule has 8 nitrogen and oxygen atoms in total. The van der Waals surface area contributed by atoms with Gasteiger partial charge in [0.05, 0.1) is 5.25 Å². The Balaban J connectivity index is 1.06. The van der Waals surface area contributed by atoms with Crippen molar-refractivity contribution in [1.29, 1.82) is 0 Å². The molecular weight excluding hydrogens is 452 g/mol. The van der Waals surface area contributed by atoms with Crippen molar-refractivity contribution in [3.8, 4) is 0 Å². The molecule has 3 aromatic rings. The Morgan fingerprint density at radius 1 is 1.19 bits per heavy atom. The Hall–Kier alpha value is -2.65. The highest BCUT2D eigenvalue weighted by Crippen LogP contribution is 2.49. The van der Waals surface area contributed by atoms with Crippen molar-refractivity contribution in [2.45, 2.75) is 42.0 Å². The summed E-state index contributed by atoms with van der Waals surface area (Å²) in [7, 11) is -3.42. The van der Waals surface area contributed by atoms with Gasteiger partial charge in [0.25, 0.3) is 11.9 Å². The number of rotatable bonds is 5. The summed E-state index contributed by atoms with van der Waals surface area (Å²) in [6.07, 6.45) is 4.47. The molecule has 3 heterocycles. The van der Waals surface area contributed by atoms with E-state index in [4.69, 9.17) is 16.0 Å². The first kappa shape index (κ1) is 20.0. The zero-order chi connectivity index (χ0) is 22.1. The molecule has 1 aliphatic heterocycles. The molecule has 2 aliphatic carbocycles. The fourth-order valence-electron chi connectivity index (χ4n) is 4.79. The molecule has 10 heteroatoms. The molecule has 2 aromatic heterocycles. The third-order valence-corrected chi connectivity index (χ3v) is 9.00. The smallest absolute Gasteiger partial charge is 0.298 e. The number of nitrogens with one attached hydrogen (secondary N) is 1. The predicted octanol–water partition coefficient (Wildman–Crippen LogP) is 3.21. The van der Waals surface area contributed by atoms with Gasteiger partial charge >= 0.3 is 0 Å². The average molecular weight is 473 g/mol. The average Bonchev–Trinajstić information content (AvgIpc) is 3.50. The second-order valence-corrected chi connectivity index (χ2v) is 11.8. The van der Waals surface area contributed by atoms with Crippen molar-refractivity contribution in [2.24, 2.45) is 5.41 Å². The standard InChI is InChI=1S/C22H21ClN4O4S/c23-14-1-4-18-17(8-14)26-21(31-18)27-11-22(12-27)9-15(10-22)25-20(28)13-5-6-24-19(7-13)32(29,30)16-2-3-16/h1,4-8,15-16H,2-3,9-12H2,(H,25,28). The quantitative estimate of drug-likeness (QED) is 0.607. The lowest BCUT2D eigenvalue weighted by molar-refractivity contribution is 0.0414. The number of benzene rings is 1. The van der Waals surface area contributed by atoms with E-state index in [0.717, 1.165) is 31.4 Å². The van der Waals surface area contributed by atoms with Gasteiger partial charge in [-0.1, -0.05) is 11.6 Å². The van der Waals surface area contributed by atoms with E-state index < -0.39 is 9.84 Å². The summed E-state index contributed by atoms with van der Waals surface area (Å²) in [4.78, 5) is 23.3. The largest absolute Gasteiger partial charge is 0.423 e. The number of fused-ring (bicyclic) bond motifs is 1. The molecule has 32 heavy (non-hydrogen) atoms. The molecule has 0 radical (unpaired) electrons. The number of anilines is 1. The van der Waals surface area contributed by atoms with Gasteiger partial charge in [-0.15, -0.1) is 0 Å². The van der Waals surface area contributed by atoms with Gasteiger partial charge in [0.1, 0.15) is 5.52 Å². The summed E-state index contributed by atoms with van der Waals surface area (Å²) in [5.74, 6) is -0.258. The number of halogens is 1. The Morgan fingerprint density at radius 2 is 1.97 bits per heavy atom. The minimum atomic E-state index is -3.42. The summed E-state index contributed by atoms with van der Waals surface area (Å²) in [5, 5.41) is 3.30. The molecule has 1 N–H and O–H groups in total. The number of pyridine rings is 1. The van der Waals surface area contributed by atoms with E-state index in [-0.39, 0.29) is 27.6 Å². The molecule has 0 bridgehead atoms. The molecule has 166 valence electrons. The van der Waals surface area contributed by atoms with Crippen molar-refractivity contribution in [2.75, 3.05) is 18.0 Å². The van der Waals surface area contributed by atoms with Gasteiger partial charge < -0.3 is 14.6 Å². The zero-order valence-electron chi connectivity index (χ0n) is 17.1. The number of nitrogens with zero attached hydrogens (tertiary/aromatic N) is 3. The van der Waals surface area contributed by atoms with Crippen LogP contribution in [-0.2, 0) is 9.84 Å². The van der Waals surface area contributed by atoms with E-state index in [1.807, 2.05) is 6.07 Å². The SMILES string of the molecule is O=C(NC1CC2(C1)CN(c1nc3cc(Cl)ccc3o1)C2)c1ccnc(S(=O)(=O)C2CC2)c1. The lowest BCUT2D eigenvalue weighted by atomic mass is 9.60. The van der Waals surface area contributed by atoms with Crippen molar-refractivity contribution < 1.29 is 17.6 Å². The lowest BCUT2D eigenvalue weighted by Crippen LogP contribution is -2.66. The third kappa shape index (κ3) is 3.34. The fourth-order valence-corrected chi connectivity index (χ4v) is 6.56. The maximum absolute atomic E-state index is 12.7. The van der Waals surface area contributed by atoms with Crippen molar-refractivity contribution in [3.63, 3.8) is 0 Å². The van der Waals surface area contributed by atoms with Crippen LogP contribution in [0.25, 0.3) is 11.1 Å². The predicted molar refractivity (Wildman–Crippen MR) is 119 cm³/mol. The third-order valence-electron chi connectivity index (χ3n) is 6.61. The monoisotopic (exact) mass is 472 g/mol. The Kier molecular flexibility index (Phi) is 4.32. The van der Waals surface area contributed by atoms with Crippen molar-refractivity contribution >= 4 is 44.5 Å². The lowest BCUT2D eigenvalue weighted by Gasteiger charge is -2.58. The number of hydrogen-bond acceptors (Lipinski definition) is 7. The number of carbonyl (C=O) groups excluding carboxylic acids is 1. The number of hydrogen-bond donors (Lipinski definition) is 1. The molecule has 1 saturated heterocycles. The van der Waals surface area contributed by atoms with Gasteiger partial charge in [0.15, 0.2) is 20.4 Å². The first-order chi connectivity index (χ1) is 15.3. The Labute approximate surface area is 189 Å². The maximum atomic E-state index is 12.7. The van der Waals surface area contributed by atoms with E-state index >= 15 is 0 Å². The molecular formula is C22H21ClN4O4S. The van der Waals surface area contributed by atoms with Gasteiger partial charge in [-0.25, -0.2) is 13.4 Å². The highest BCUT2D eigenvalue weighted by molar-refractivity contribution is 7.92. The summed E-state index contributed by atoms with van der Waals surface area (Å²) in [5.41, 5.74) is 1.95. The number of sulfone groups is 1. The van der Waals surface area contributed by atoms with E-state index in [9.17, 15) is 13.2 Å². The van der Waals surface area contributed by atoms with E-state index in [1.54, 1.807) is 18.2 Å². The number of oxazole rings is 1. The van der Waals surface area contributed by atoms with Crippen molar-refractivity contribution in [1.82, 2.24) is 15.3 Å². The molecule has 1 spiro atoms. The topological polar surface area (TPSA) is 105 Å². The van der Waals surface area contributed by atoms with Gasteiger partial charge in [0, 0.05) is 41.3 Å². The van der Waals surface area contributed by atoms with Gasteiger partial charge in [-0.3, -0.25) is 4.79 Å². The van der Waals surface area contributed by atoms with Gasteiger partial charge in [0.2, 0.25) is 0 Å². The number of amides is 1. The first-order valence-electron chi connectivity index (χ1n) is 10.6. The van der Waals surface area contributed by atoms with Gasteiger partial charge in [-0.05, 0) is 56.0 Å².